The van der Waals surface area contributed by atoms with Crippen molar-refractivity contribution in [2.75, 3.05) is 0 Å². The van der Waals surface area contributed by atoms with E-state index in [2.05, 4.69) is 0 Å². The van der Waals surface area contributed by atoms with Crippen molar-refractivity contribution in [1.82, 2.24) is 0 Å². The van der Waals surface area contributed by atoms with Gasteiger partial charge in [0.15, 0.2) is 5.82 Å². The predicted molar refractivity (Wildman–Crippen MR) is 50.3 cm³/mol. The first kappa shape index (κ1) is 8.30. The smallest absolute Gasteiger partial charge is 0.172 e. The lowest BCUT2D eigenvalue weighted by atomic mass is 10.1. The number of hydrogen-bond acceptors (Lipinski definition) is 1. The summed E-state index contributed by atoms with van der Waals surface area (Å²) in [6.07, 6.45) is 0. The van der Waals surface area contributed by atoms with Crippen molar-refractivity contribution in [3.63, 3.8) is 0 Å². The van der Waals surface area contributed by atoms with Crippen LogP contribution in [-0.2, 0) is 0 Å². The quantitative estimate of drug-likeness (QED) is 0.649. The zero-order chi connectivity index (χ0) is 9.42. The Labute approximate surface area is 76.2 Å². The first-order chi connectivity index (χ1) is 6.20. The molecule has 0 unspecified atom stereocenters. The fourth-order valence-corrected chi connectivity index (χ4v) is 1.40. The second-order valence-electron chi connectivity index (χ2n) is 3.43. The summed E-state index contributed by atoms with van der Waals surface area (Å²) in [5.74, 6) is 0.319. The van der Waals surface area contributed by atoms with Crippen molar-refractivity contribution >= 4 is 11.0 Å². The number of para-hydroxylation sites is 1. The third-order valence-corrected chi connectivity index (χ3v) is 2.08. The normalized spacial score (nSPS) is 11.4. The summed E-state index contributed by atoms with van der Waals surface area (Å²) in [7, 11) is 0. The number of halogens is 1. The average Bonchev–Trinajstić information content (AvgIpc) is 2.45. The van der Waals surface area contributed by atoms with Gasteiger partial charge >= 0.3 is 0 Å². The molecule has 0 radical (unpaired) electrons. The topological polar surface area (TPSA) is 13.1 Å². The van der Waals surface area contributed by atoms with Crippen LogP contribution < -0.4 is 0 Å². The predicted octanol–water partition coefficient (Wildman–Crippen LogP) is 3.70. The zero-order valence-corrected chi connectivity index (χ0v) is 7.67. The number of rotatable bonds is 1. The minimum Gasteiger partial charge on any atom is -0.458 e. The number of furan rings is 1. The summed E-state index contributed by atoms with van der Waals surface area (Å²) in [6, 6.07) is 7.17. The van der Waals surface area contributed by atoms with E-state index in [9.17, 15) is 4.39 Å². The zero-order valence-electron chi connectivity index (χ0n) is 7.67. The van der Waals surface area contributed by atoms with Crippen molar-refractivity contribution in [3.8, 4) is 0 Å². The first-order valence-electron chi connectivity index (χ1n) is 4.37. The lowest BCUT2D eigenvalue weighted by molar-refractivity contribution is 0.474. The molecule has 1 aromatic heterocycles. The van der Waals surface area contributed by atoms with Gasteiger partial charge in [0.2, 0.25) is 0 Å². The van der Waals surface area contributed by atoms with Gasteiger partial charge in [0, 0.05) is 5.92 Å². The lowest BCUT2D eigenvalue weighted by Gasteiger charge is -1.97. The maximum Gasteiger partial charge on any atom is 0.172 e. The van der Waals surface area contributed by atoms with Crippen molar-refractivity contribution < 1.29 is 8.81 Å². The molecular formula is C11H11FO. The van der Waals surface area contributed by atoms with Gasteiger partial charge in [-0.15, -0.1) is 0 Å². The van der Waals surface area contributed by atoms with Gasteiger partial charge in [-0.05, 0) is 12.1 Å². The monoisotopic (exact) mass is 178 g/mol. The highest BCUT2D eigenvalue weighted by Gasteiger charge is 2.15. The minimum absolute atomic E-state index is 0.0902. The van der Waals surface area contributed by atoms with E-state index in [-0.39, 0.29) is 11.7 Å². The Bertz CT molecular complexity index is 429. The molecule has 1 aromatic carbocycles. The second kappa shape index (κ2) is 2.87. The van der Waals surface area contributed by atoms with Crippen LogP contribution in [0.1, 0.15) is 25.5 Å². The molecule has 1 heterocycles. The Morgan fingerprint density at radius 2 is 1.92 bits per heavy atom. The highest BCUT2D eigenvalue weighted by atomic mass is 19.1. The van der Waals surface area contributed by atoms with Crippen LogP contribution >= 0.6 is 0 Å². The molecule has 2 aromatic rings. The molecule has 2 heteroatoms. The molecule has 68 valence electrons. The fraction of sp³-hybridized carbons (Fsp3) is 0.273. The van der Waals surface area contributed by atoms with Crippen LogP contribution in [0.3, 0.4) is 0 Å². The molecule has 0 aliphatic rings. The van der Waals surface area contributed by atoms with Crippen LogP contribution in [0.25, 0.3) is 11.0 Å². The molecule has 0 aliphatic heterocycles. The Hall–Kier alpha value is -1.31. The van der Waals surface area contributed by atoms with Gasteiger partial charge in [-0.2, -0.15) is 0 Å². The molecule has 0 spiro atoms. The number of hydrogen-bond donors (Lipinski definition) is 0. The van der Waals surface area contributed by atoms with Crippen LogP contribution in [0.4, 0.5) is 4.39 Å². The van der Waals surface area contributed by atoms with E-state index >= 15 is 0 Å². The van der Waals surface area contributed by atoms with Crippen LogP contribution in [0.5, 0.6) is 0 Å². The summed E-state index contributed by atoms with van der Waals surface area (Å²) in [6.45, 7) is 3.83. The van der Waals surface area contributed by atoms with Gasteiger partial charge in [-0.1, -0.05) is 26.0 Å². The van der Waals surface area contributed by atoms with E-state index in [1.165, 1.54) is 0 Å². The molecule has 0 atom stereocenters. The molecule has 0 fully saturated rings. The third-order valence-electron chi connectivity index (χ3n) is 2.08. The van der Waals surface area contributed by atoms with Crippen LogP contribution in [0.15, 0.2) is 28.7 Å². The summed E-state index contributed by atoms with van der Waals surface area (Å²) >= 11 is 0. The van der Waals surface area contributed by atoms with Gasteiger partial charge < -0.3 is 4.42 Å². The third kappa shape index (κ3) is 1.22. The molecule has 1 nitrogen and oxygen atoms in total. The van der Waals surface area contributed by atoms with Gasteiger partial charge in [0.25, 0.3) is 0 Å². The summed E-state index contributed by atoms with van der Waals surface area (Å²) in [5.41, 5.74) is 0.628. The Balaban J connectivity index is 2.74. The molecule has 2 rings (SSSR count). The molecule has 0 saturated heterocycles. The van der Waals surface area contributed by atoms with Crippen molar-refractivity contribution in [2.24, 2.45) is 0 Å². The minimum atomic E-state index is -0.217. The summed E-state index contributed by atoms with van der Waals surface area (Å²) in [5, 5.41) is 0.575. The van der Waals surface area contributed by atoms with Gasteiger partial charge in [-0.3, -0.25) is 0 Å². The standard InChI is InChI=1S/C11H11FO/c1-7(2)11-10(12)8-5-3-4-6-9(8)13-11/h3-7H,1-2H3. The van der Waals surface area contributed by atoms with E-state index in [4.69, 9.17) is 4.42 Å². The Kier molecular flexibility index (Phi) is 1.83. The van der Waals surface area contributed by atoms with E-state index in [0.29, 0.717) is 16.7 Å². The Morgan fingerprint density at radius 1 is 1.23 bits per heavy atom. The van der Waals surface area contributed by atoms with Crippen LogP contribution in [0, 0.1) is 5.82 Å². The lowest BCUT2D eigenvalue weighted by Crippen LogP contribution is -1.86. The van der Waals surface area contributed by atoms with Crippen molar-refractivity contribution in [2.45, 2.75) is 19.8 Å². The van der Waals surface area contributed by atoms with E-state index in [0.717, 1.165) is 0 Å². The molecule has 0 saturated carbocycles. The molecular weight excluding hydrogens is 167 g/mol. The molecule has 0 N–H and O–H groups in total. The maximum absolute atomic E-state index is 13.6. The number of fused-ring (bicyclic) bond motifs is 1. The molecule has 0 aliphatic carbocycles. The Morgan fingerprint density at radius 3 is 2.54 bits per heavy atom. The molecule has 0 bridgehead atoms. The SMILES string of the molecule is CC(C)c1oc2ccccc2c1F. The maximum atomic E-state index is 13.6. The highest BCUT2D eigenvalue weighted by Crippen LogP contribution is 2.28. The highest BCUT2D eigenvalue weighted by molar-refractivity contribution is 5.78. The summed E-state index contributed by atoms with van der Waals surface area (Å²) < 4.78 is 19.0. The summed E-state index contributed by atoms with van der Waals surface area (Å²) in [4.78, 5) is 0. The van der Waals surface area contributed by atoms with Crippen LogP contribution in [0.2, 0.25) is 0 Å². The van der Waals surface area contributed by atoms with E-state index in [1.807, 2.05) is 26.0 Å². The van der Waals surface area contributed by atoms with Crippen LogP contribution in [-0.4, -0.2) is 0 Å². The first-order valence-corrected chi connectivity index (χ1v) is 4.37. The van der Waals surface area contributed by atoms with Crippen molar-refractivity contribution in [3.05, 3.63) is 35.8 Å². The van der Waals surface area contributed by atoms with Crippen molar-refractivity contribution in [1.29, 1.82) is 0 Å². The van der Waals surface area contributed by atoms with E-state index < -0.39 is 0 Å². The number of benzene rings is 1. The second-order valence-corrected chi connectivity index (χ2v) is 3.43. The van der Waals surface area contributed by atoms with Gasteiger partial charge in [0.05, 0.1) is 5.39 Å². The fourth-order valence-electron chi connectivity index (χ4n) is 1.40. The average molecular weight is 178 g/mol. The van der Waals surface area contributed by atoms with Gasteiger partial charge in [0.1, 0.15) is 11.3 Å². The molecule has 0 amide bonds. The largest absolute Gasteiger partial charge is 0.458 e. The molecule has 13 heavy (non-hydrogen) atoms. The van der Waals surface area contributed by atoms with E-state index in [1.54, 1.807) is 12.1 Å². The van der Waals surface area contributed by atoms with Gasteiger partial charge in [-0.25, -0.2) is 4.39 Å².